The van der Waals surface area contributed by atoms with Crippen molar-refractivity contribution >= 4 is 0 Å². The van der Waals surface area contributed by atoms with E-state index in [0.29, 0.717) is 38.0 Å². The second-order valence-electron chi connectivity index (χ2n) is 5.80. The molecule has 4 heterocycles. The second-order valence-corrected chi connectivity index (χ2v) is 5.80. The number of hydrogen-bond donors (Lipinski definition) is 0. The predicted octanol–water partition coefficient (Wildman–Crippen LogP) is 2.24. The summed E-state index contributed by atoms with van der Waals surface area (Å²) in [4.78, 5) is 4.15. The van der Waals surface area contributed by atoms with Crippen molar-refractivity contribution in [3.63, 3.8) is 0 Å². The van der Waals surface area contributed by atoms with Crippen molar-refractivity contribution in [1.82, 2.24) is 19.7 Å². The van der Waals surface area contributed by atoms with Gasteiger partial charge in [-0.2, -0.15) is 0 Å². The first-order chi connectivity index (χ1) is 11.8. The fourth-order valence-electron chi connectivity index (χ4n) is 2.91. The quantitative estimate of drug-likeness (QED) is 0.716. The number of hydrogen-bond acceptors (Lipinski definition) is 6. The molecule has 7 nitrogen and oxygen atoms in total. The molecular weight excluding hydrogens is 308 g/mol. The minimum Gasteiger partial charge on any atom is -0.416 e. The molecule has 7 heteroatoms. The van der Waals surface area contributed by atoms with E-state index in [-0.39, 0.29) is 0 Å². The number of ether oxygens (including phenoxy) is 2. The summed E-state index contributed by atoms with van der Waals surface area (Å²) in [5, 5.41) is 8.41. The summed E-state index contributed by atoms with van der Waals surface area (Å²) in [6.07, 6.45) is 6.30. The molecule has 124 valence electrons. The van der Waals surface area contributed by atoms with E-state index in [1.54, 1.807) is 13.3 Å². The van der Waals surface area contributed by atoms with Gasteiger partial charge in [-0.3, -0.25) is 4.98 Å². The predicted molar refractivity (Wildman–Crippen MR) is 85.2 cm³/mol. The molecule has 0 amide bonds. The van der Waals surface area contributed by atoms with Crippen LogP contribution < -0.4 is 0 Å². The highest BCUT2D eigenvalue weighted by atomic mass is 16.6. The molecule has 1 saturated heterocycles. The molecule has 3 aromatic heterocycles. The van der Waals surface area contributed by atoms with E-state index in [0.717, 1.165) is 11.3 Å². The van der Waals surface area contributed by atoms with Gasteiger partial charge in [0.25, 0.3) is 11.8 Å². The first kappa shape index (κ1) is 15.0. The van der Waals surface area contributed by atoms with Crippen LogP contribution in [-0.2, 0) is 21.6 Å². The van der Waals surface area contributed by atoms with Gasteiger partial charge in [0.2, 0.25) is 0 Å². The molecule has 0 saturated carbocycles. The summed E-state index contributed by atoms with van der Waals surface area (Å²) >= 11 is 0. The molecule has 1 fully saturated rings. The van der Waals surface area contributed by atoms with Crippen molar-refractivity contribution in [3.05, 3.63) is 54.3 Å². The van der Waals surface area contributed by atoms with Crippen molar-refractivity contribution in [1.29, 1.82) is 0 Å². The van der Waals surface area contributed by atoms with E-state index in [2.05, 4.69) is 19.7 Å². The van der Waals surface area contributed by atoms with Crippen LogP contribution in [0.5, 0.6) is 0 Å². The van der Waals surface area contributed by atoms with Crippen molar-refractivity contribution in [2.75, 3.05) is 20.3 Å². The molecule has 0 radical (unpaired) electrons. The standard InChI is InChI=1S/C17H18N4O3/c1-22-17(6-9-23-12-17)16-20-19-15(24-16)14-5-3-8-21(14)11-13-4-2-7-18-10-13/h2-5,7-8,10H,6,9,11-12H2,1H3. The molecule has 0 aliphatic carbocycles. The minimum absolute atomic E-state index is 0.432. The SMILES string of the molecule is COC1(c2nnc(-c3cccn3Cc3cccnc3)o2)CCOC1. The third-order valence-corrected chi connectivity index (χ3v) is 4.32. The van der Waals surface area contributed by atoms with Crippen molar-refractivity contribution < 1.29 is 13.9 Å². The lowest BCUT2D eigenvalue weighted by atomic mass is 10.0. The molecule has 1 aliphatic heterocycles. The Morgan fingerprint density at radius 2 is 2.25 bits per heavy atom. The van der Waals surface area contributed by atoms with Crippen LogP contribution in [0.3, 0.4) is 0 Å². The molecule has 3 aromatic rings. The van der Waals surface area contributed by atoms with Gasteiger partial charge in [0.15, 0.2) is 5.60 Å². The zero-order valence-electron chi connectivity index (χ0n) is 13.4. The highest BCUT2D eigenvalue weighted by molar-refractivity contribution is 5.48. The Labute approximate surface area is 139 Å². The molecule has 0 bridgehead atoms. The molecule has 0 spiro atoms. The Hall–Kier alpha value is -2.51. The average molecular weight is 326 g/mol. The zero-order valence-corrected chi connectivity index (χ0v) is 13.4. The van der Waals surface area contributed by atoms with Crippen LogP contribution >= 0.6 is 0 Å². The Bertz CT molecular complexity index is 806. The van der Waals surface area contributed by atoms with E-state index in [9.17, 15) is 0 Å². The lowest BCUT2D eigenvalue weighted by Crippen LogP contribution is -2.29. The summed E-state index contributed by atoms with van der Waals surface area (Å²) in [6.45, 7) is 1.75. The molecule has 0 N–H and O–H groups in total. The first-order valence-electron chi connectivity index (χ1n) is 7.82. The smallest absolute Gasteiger partial charge is 0.264 e. The van der Waals surface area contributed by atoms with Gasteiger partial charge in [-0.1, -0.05) is 6.07 Å². The molecular formula is C17H18N4O3. The Morgan fingerprint density at radius 1 is 1.29 bits per heavy atom. The van der Waals surface area contributed by atoms with Crippen LogP contribution in [0, 0.1) is 0 Å². The van der Waals surface area contributed by atoms with E-state index in [4.69, 9.17) is 13.9 Å². The van der Waals surface area contributed by atoms with Crippen molar-refractivity contribution in [2.45, 2.75) is 18.6 Å². The van der Waals surface area contributed by atoms with Crippen LogP contribution in [0.25, 0.3) is 11.6 Å². The van der Waals surface area contributed by atoms with Gasteiger partial charge < -0.3 is 18.5 Å². The lowest BCUT2D eigenvalue weighted by Gasteiger charge is -2.20. The molecule has 4 rings (SSSR count). The van der Waals surface area contributed by atoms with Gasteiger partial charge in [-0.15, -0.1) is 10.2 Å². The van der Waals surface area contributed by atoms with Gasteiger partial charge in [0.1, 0.15) is 5.69 Å². The maximum atomic E-state index is 5.92. The van der Waals surface area contributed by atoms with Crippen LogP contribution in [0.4, 0.5) is 0 Å². The van der Waals surface area contributed by atoms with Gasteiger partial charge in [-0.05, 0) is 23.8 Å². The molecule has 1 atom stereocenters. The molecule has 1 aliphatic rings. The maximum absolute atomic E-state index is 5.92. The summed E-state index contributed by atoms with van der Waals surface area (Å²) in [7, 11) is 1.64. The Balaban J connectivity index is 1.63. The zero-order chi connectivity index (χ0) is 16.4. The van der Waals surface area contributed by atoms with Crippen LogP contribution in [0.1, 0.15) is 17.9 Å². The molecule has 1 unspecified atom stereocenters. The van der Waals surface area contributed by atoms with Crippen LogP contribution in [0.15, 0.2) is 47.3 Å². The average Bonchev–Trinajstić information content (AvgIpc) is 3.36. The van der Waals surface area contributed by atoms with E-state index >= 15 is 0 Å². The largest absolute Gasteiger partial charge is 0.416 e. The lowest BCUT2D eigenvalue weighted by molar-refractivity contribution is -0.0407. The Morgan fingerprint density at radius 3 is 3.00 bits per heavy atom. The third kappa shape index (κ3) is 2.61. The van der Waals surface area contributed by atoms with Gasteiger partial charge in [-0.25, -0.2) is 0 Å². The van der Waals surface area contributed by atoms with Crippen LogP contribution in [0.2, 0.25) is 0 Å². The summed E-state index contributed by atoms with van der Waals surface area (Å²) in [5.41, 5.74) is 1.33. The van der Waals surface area contributed by atoms with Crippen molar-refractivity contribution in [3.8, 4) is 11.6 Å². The summed E-state index contributed by atoms with van der Waals surface area (Å²) in [6, 6.07) is 7.87. The Kier molecular flexibility index (Phi) is 3.87. The second kappa shape index (κ2) is 6.18. The summed E-state index contributed by atoms with van der Waals surface area (Å²) < 4.78 is 19.0. The third-order valence-electron chi connectivity index (χ3n) is 4.32. The van der Waals surface area contributed by atoms with E-state index < -0.39 is 5.60 Å². The number of aromatic nitrogens is 4. The van der Waals surface area contributed by atoms with Gasteiger partial charge >= 0.3 is 0 Å². The highest BCUT2D eigenvalue weighted by Gasteiger charge is 2.42. The number of nitrogens with zero attached hydrogens (tertiary/aromatic N) is 4. The topological polar surface area (TPSA) is 75.2 Å². The van der Waals surface area contributed by atoms with Crippen LogP contribution in [-0.4, -0.2) is 40.1 Å². The number of rotatable bonds is 5. The first-order valence-corrected chi connectivity index (χ1v) is 7.82. The number of pyridine rings is 1. The fraction of sp³-hybridized carbons (Fsp3) is 0.353. The monoisotopic (exact) mass is 326 g/mol. The molecule has 24 heavy (non-hydrogen) atoms. The van der Waals surface area contributed by atoms with Crippen molar-refractivity contribution in [2.24, 2.45) is 0 Å². The minimum atomic E-state index is -0.633. The highest BCUT2D eigenvalue weighted by Crippen LogP contribution is 2.34. The maximum Gasteiger partial charge on any atom is 0.264 e. The van der Waals surface area contributed by atoms with Gasteiger partial charge in [0.05, 0.1) is 13.2 Å². The normalized spacial score (nSPS) is 20.5. The van der Waals surface area contributed by atoms with E-state index in [1.165, 1.54) is 0 Å². The summed E-state index contributed by atoms with van der Waals surface area (Å²) in [5.74, 6) is 0.939. The molecule has 0 aromatic carbocycles. The fourth-order valence-corrected chi connectivity index (χ4v) is 2.91. The number of methoxy groups -OCH3 is 1. The van der Waals surface area contributed by atoms with Gasteiger partial charge in [0, 0.05) is 38.7 Å². The van der Waals surface area contributed by atoms with E-state index in [1.807, 2.05) is 36.7 Å².